The number of nitrogens with one attached hydrogen (secondary N) is 3. The van der Waals surface area contributed by atoms with Crippen molar-refractivity contribution in [3.05, 3.63) is 21.7 Å². The van der Waals surface area contributed by atoms with Gasteiger partial charge in [-0.2, -0.15) is 0 Å². The first-order chi connectivity index (χ1) is 7.77. The minimum Gasteiger partial charge on any atom is -0.369 e. The molecule has 1 aliphatic heterocycles. The molecule has 0 radical (unpaired) electrons. The Morgan fingerprint density at radius 2 is 2.50 bits per heavy atom. The first-order valence-electron chi connectivity index (χ1n) is 5.48. The highest BCUT2D eigenvalue weighted by Gasteiger charge is 2.13. The predicted octanol–water partition coefficient (Wildman–Crippen LogP) is 0.977. The van der Waals surface area contributed by atoms with Gasteiger partial charge < -0.3 is 15.6 Å². The zero-order valence-corrected chi connectivity index (χ0v) is 9.68. The van der Waals surface area contributed by atoms with Crippen molar-refractivity contribution in [2.24, 2.45) is 0 Å². The third kappa shape index (κ3) is 2.74. The minimum atomic E-state index is -0.307. The molecule has 0 unspecified atom stereocenters. The molecular weight excluding hydrogens is 228 g/mol. The van der Waals surface area contributed by atoms with Crippen molar-refractivity contribution in [1.82, 2.24) is 15.3 Å². The second-order valence-electron chi connectivity index (χ2n) is 3.90. The summed E-state index contributed by atoms with van der Waals surface area (Å²) in [6, 6.07) is 0.577. The van der Waals surface area contributed by atoms with Crippen molar-refractivity contribution in [3.8, 4) is 0 Å². The Labute approximate surface area is 98.6 Å². The fourth-order valence-electron chi connectivity index (χ4n) is 1.87. The van der Waals surface area contributed by atoms with Gasteiger partial charge in [-0.3, -0.25) is 4.79 Å². The lowest BCUT2D eigenvalue weighted by Gasteiger charge is -2.11. The molecule has 1 atom stereocenters. The molecule has 16 heavy (non-hydrogen) atoms. The molecule has 6 heteroatoms. The molecule has 1 fully saturated rings. The van der Waals surface area contributed by atoms with E-state index in [0.29, 0.717) is 11.9 Å². The monoisotopic (exact) mass is 242 g/mol. The van der Waals surface area contributed by atoms with Crippen LogP contribution in [0.5, 0.6) is 0 Å². The number of hydrogen-bond acceptors (Lipinski definition) is 4. The molecular formula is C10H15ClN4O. The molecule has 1 saturated heterocycles. The Morgan fingerprint density at radius 3 is 3.25 bits per heavy atom. The second-order valence-corrected chi connectivity index (χ2v) is 4.28. The van der Waals surface area contributed by atoms with Crippen LogP contribution in [-0.4, -0.2) is 29.1 Å². The number of hydrogen-bond donors (Lipinski definition) is 3. The summed E-state index contributed by atoms with van der Waals surface area (Å²) in [5, 5.41) is 6.61. The van der Waals surface area contributed by atoms with E-state index in [1.807, 2.05) is 0 Å². The Kier molecular flexibility index (Phi) is 3.79. The second kappa shape index (κ2) is 5.32. The SMILES string of the molecule is O=c1[nH]cnc(NCC[C@H]2CCCN2)c1Cl. The minimum absolute atomic E-state index is 0.127. The maximum atomic E-state index is 11.2. The highest BCUT2D eigenvalue weighted by molar-refractivity contribution is 6.32. The van der Waals surface area contributed by atoms with Gasteiger partial charge in [0.15, 0.2) is 5.82 Å². The summed E-state index contributed by atoms with van der Waals surface area (Å²) in [6.45, 7) is 1.88. The molecule has 0 bridgehead atoms. The van der Waals surface area contributed by atoms with Crippen LogP contribution in [0.3, 0.4) is 0 Å². The summed E-state index contributed by atoms with van der Waals surface area (Å²) in [5.41, 5.74) is -0.307. The fourth-order valence-corrected chi connectivity index (χ4v) is 2.04. The van der Waals surface area contributed by atoms with E-state index in [1.54, 1.807) is 0 Å². The Bertz CT molecular complexity index is 400. The highest BCUT2D eigenvalue weighted by atomic mass is 35.5. The quantitative estimate of drug-likeness (QED) is 0.736. The number of aromatic nitrogens is 2. The lowest BCUT2D eigenvalue weighted by molar-refractivity contribution is 0.574. The van der Waals surface area contributed by atoms with Crippen LogP contribution in [0, 0.1) is 0 Å². The van der Waals surface area contributed by atoms with Crippen LogP contribution >= 0.6 is 11.6 Å². The van der Waals surface area contributed by atoms with Gasteiger partial charge in [0.2, 0.25) is 0 Å². The summed E-state index contributed by atoms with van der Waals surface area (Å²) >= 11 is 5.80. The molecule has 0 amide bonds. The fraction of sp³-hybridized carbons (Fsp3) is 0.600. The smallest absolute Gasteiger partial charge is 0.271 e. The number of nitrogens with zero attached hydrogens (tertiary/aromatic N) is 1. The topological polar surface area (TPSA) is 69.8 Å². The summed E-state index contributed by atoms with van der Waals surface area (Å²) in [5.74, 6) is 0.461. The first-order valence-corrected chi connectivity index (χ1v) is 5.85. The largest absolute Gasteiger partial charge is 0.369 e. The number of rotatable bonds is 4. The Hall–Kier alpha value is -1.07. The average molecular weight is 243 g/mol. The molecule has 3 N–H and O–H groups in total. The molecule has 0 aliphatic carbocycles. The van der Waals surface area contributed by atoms with Gasteiger partial charge in [0.1, 0.15) is 5.02 Å². The number of halogens is 1. The summed E-state index contributed by atoms with van der Waals surface area (Å²) in [4.78, 5) is 17.6. The number of anilines is 1. The molecule has 2 rings (SSSR count). The Morgan fingerprint density at radius 1 is 1.62 bits per heavy atom. The third-order valence-electron chi connectivity index (χ3n) is 2.74. The molecule has 1 aromatic rings. The molecule has 2 heterocycles. The van der Waals surface area contributed by atoms with Crippen LogP contribution < -0.4 is 16.2 Å². The van der Waals surface area contributed by atoms with E-state index in [1.165, 1.54) is 19.2 Å². The first kappa shape index (κ1) is 11.4. The molecule has 0 spiro atoms. The van der Waals surface area contributed by atoms with Crippen LogP contribution in [-0.2, 0) is 0 Å². The summed E-state index contributed by atoms with van der Waals surface area (Å²) < 4.78 is 0. The van der Waals surface area contributed by atoms with E-state index < -0.39 is 0 Å². The van der Waals surface area contributed by atoms with Crippen molar-refractivity contribution in [1.29, 1.82) is 0 Å². The lowest BCUT2D eigenvalue weighted by Crippen LogP contribution is -2.24. The zero-order chi connectivity index (χ0) is 11.4. The van der Waals surface area contributed by atoms with Gasteiger partial charge in [-0.25, -0.2) is 4.98 Å². The number of aromatic amines is 1. The molecule has 1 aromatic heterocycles. The van der Waals surface area contributed by atoms with E-state index in [-0.39, 0.29) is 10.6 Å². The van der Waals surface area contributed by atoms with Crippen LogP contribution in [0.2, 0.25) is 5.02 Å². The number of H-pyrrole nitrogens is 1. The van der Waals surface area contributed by atoms with Crippen molar-refractivity contribution in [3.63, 3.8) is 0 Å². The van der Waals surface area contributed by atoms with Crippen LogP contribution in [0.4, 0.5) is 5.82 Å². The molecule has 0 aromatic carbocycles. The van der Waals surface area contributed by atoms with Crippen molar-refractivity contribution in [2.45, 2.75) is 25.3 Å². The van der Waals surface area contributed by atoms with Gasteiger partial charge in [-0.05, 0) is 25.8 Å². The molecule has 5 nitrogen and oxygen atoms in total. The maximum Gasteiger partial charge on any atom is 0.271 e. The predicted molar refractivity (Wildman–Crippen MR) is 64.0 cm³/mol. The van der Waals surface area contributed by atoms with Crippen LogP contribution in [0.15, 0.2) is 11.1 Å². The van der Waals surface area contributed by atoms with Crippen molar-refractivity contribution in [2.75, 3.05) is 18.4 Å². The normalized spacial score (nSPS) is 19.9. The van der Waals surface area contributed by atoms with Gasteiger partial charge in [0, 0.05) is 12.6 Å². The standard InChI is InChI=1S/C10H15ClN4O/c11-8-9(14-6-15-10(8)16)13-5-3-7-2-1-4-12-7/h6-7,12H,1-5H2,(H2,13,14,15,16)/t7-/m1/s1. The maximum absolute atomic E-state index is 11.2. The van der Waals surface area contributed by atoms with E-state index in [9.17, 15) is 4.79 Å². The third-order valence-corrected chi connectivity index (χ3v) is 3.09. The summed E-state index contributed by atoms with van der Waals surface area (Å²) in [6.07, 6.45) is 4.84. The summed E-state index contributed by atoms with van der Waals surface area (Å²) in [7, 11) is 0. The van der Waals surface area contributed by atoms with E-state index in [0.717, 1.165) is 19.5 Å². The molecule has 88 valence electrons. The van der Waals surface area contributed by atoms with Gasteiger partial charge >= 0.3 is 0 Å². The zero-order valence-electron chi connectivity index (χ0n) is 8.92. The van der Waals surface area contributed by atoms with Gasteiger partial charge in [0.05, 0.1) is 6.33 Å². The van der Waals surface area contributed by atoms with Crippen LogP contribution in [0.1, 0.15) is 19.3 Å². The van der Waals surface area contributed by atoms with Gasteiger partial charge in [0.25, 0.3) is 5.56 Å². The van der Waals surface area contributed by atoms with E-state index in [4.69, 9.17) is 11.6 Å². The Balaban J connectivity index is 1.84. The lowest BCUT2D eigenvalue weighted by atomic mass is 10.1. The van der Waals surface area contributed by atoms with Gasteiger partial charge in [-0.1, -0.05) is 11.6 Å². The molecule has 1 aliphatic rings. The van der Waals surface area contributed by atoms with Crippen molar-refractivity contribution < 1.29 is 0 Å². The van der Waals surface area contributed by atoms with Gasteiger partial charge in [-0.15, -0.1) is 0 Å². The average Bonchev–Trinajstić information content (AvgIpc) is 2.77. The molecule has 0 saturated carbocycles. The van der Waals surface area contributed by atoms with Crippen LogP contribution in [0.25, 0.3) is 0 Å². The van der Waals surface area contributed by atoms with E-state index in [2.05, 4.69) is 20.6 Å². The highest BCUT2D eigenvalue weighted by Crippen LogP contribution is 2.13. The van der Waals surface area contributed by atoms with Crippen molar-refractivity contribution >= 4 is 17.4 Å². The van der Waals surface area contributed by atoms with E-state index >= 15 is 0 Å².